The summed E-state index contributed by atoms with van der Waals surface area (Å²) in [6.07, 6.45) is 2.33. The molecule has 2 unspecified atom stereocenters. The molecule has 0 saturated carbocycles. The van der Waals surface area contributed by atoms with Crippen LogP contribution in [0, 0.1) is 0 Å². The first-order valence-electron chi connectivity index (χ1n) is 6.62. The summed E-state index contributed by atoms with van der Waals surface area (Å²) in [6.45, 7) is 1.40. The van der Waals surface area contributed by atoms with Crippen LogP contribution in [0.25, 0.3) is 0 Å². The molecule has 3 rings (SSSR count). The van der Waals surface area contributed by atoms with Crippen LogP contribution in [-0.4, -0.2) is 47.3 Å². The largest absolute Gasteiger partial charge is 0.475 e. The Balaban J connectivity index is 1.52. The van der Waals surface area contributed by atoms with E-state index in [4.69, 9.17) is 14.3 Å². The van der Waals surface area contributed by atoms with E-state index in [1.54, 1.807) is 11.0 Å². The first-order chi connectivity index (χ1) is 9.61. The number of nitrogens with one attached hydrogen (secondary N) is 1. The molecule has 0 radical (unpaired) electrons. The van der Waals surface area contributed by atoms with Gasteiger partial charge in [0.25, 0.3) is 0 Å². The molecule has 20 heavy (non-hydrogen) atoms. The number of nitrogens with zero attached hydrogens (tertiary/aromatic N) is 1. The van der Waals surface area contributed by atoms with E-state index in [1.165, 1.54) is 6.07 Å². The molecule has 2 bridgehead atoms. The van der Waals surface area contributed by atoms with Crippen molar-refractivity contribution < 1.29 is 23.8 Å². The molecule has 2 N–H and O–H groups in total. The van der Waals surface area contributed by atoms with Gasteiger partial charge in [-0.2, -0.15) is 0 Å². The summed E-state index contributed by atoms with van der Waals surface area (Å²) >= 11 is 0. The minimum Gasteiger partial charge on any atom is -0.475 e. The lowest BCUT2D eigenvalue weighted by Gasteiger charge is -2.32. The Morgan fingerprint density at radius 2 is 2.00 bits per heavy atom. The summed E-state index contributed by atoms with van der Waals surface area (Å²) < 4.78 is 10.7. The molecular formula is C13H16N2O5. The van der Waals surface area contributed by atoms with Crippen molar-refractivity contribution in [2.45, 2.75) is 31.6 Å². The molecule has 7 nitrogen and oxygen atoms in total. The Kier molecular flexibility index (Phi) is 3.35. The van der Waals surface area contributed by atoms with Crippen molar-refractivity contribution in [2.24, 2.45) is 0 Å². The van der Waals surface area contributed by atoms with Crippen LogP contribution >= 0.6 is 0 Å². The number of carbonyl (C=O) groups is 2. The zero-order valence-corrected chi connectivity index (χ0v) is 10.9. The normalized spacial score (nSPS) is 24.7. The molecule has 2 aliphatic rings. The van der Waals surface area contributed by atoms with Crippen LogP contribution < -0.4 is 5.32 Å². The van der Waals surface area contributed by atoms with E-state index in [9.17, 15) is 9.59 Å². The van der Waals surface area contributed by atoms with E-state index in [-0.39, 0.29) is 30.5 Å². The fourth-order valence-corrected chi connectivity index (χ4v) is 2.64. The van der Waals surface area contributed by atoms with Crippen LogP contribution in [0.15, 0.2) is 16.5 Å². The van der Waals surface area contributed by atoms with E-state index in [0.29, 0.717) is 18.8 Å². The van der Waals surface area contributed by atoms with Crippen molar-refractivity contribution in [3.8, 4) is 0 Å². The standard InChI is InChI=1S/C13H16N2O5/c16-12(17)11-4-3-8(20-11)5-14-13(18)15-6-9-1-2-10(7-15)19-9/h3-4,9-10H,1-2,5-7H2,(H,14,18)(H,16,17). The summed E-state index contributed by atoms with van der Waals surface area (Å²) in [5, 5.41) is 11.5. The number of likely N-dealkylation sites (tertiary alicyclic amines) is 1. The second-order valence-electron chi connectivity index (χ2n) is 5.09. The van der Waals surface area contributed by atoms with Gasteiger partial charge in [-0.15, -0.1) is 0 Å². The van der Waals surface area contributed by atoms with Crippen molar-refractivity contribution in [3.05, 3.63) is 23.7 Å². The molecule has 0 aliphatic carbocycles. The van der Waals surface area contributed by atoms with Crippen LogP contribution in [0.4, 0.5) is 4.79 Å². The number of hydrogen-bond donors (Lipinski definition) is 2. The van der Waals surface area contributed by atoms with Crippen molar-refractivity contribution in [1.82, 2.24) is 10.2 Å². The van der Waals surface area contributed by atoms with Crippen LogP contribution in [-0.2, 0) is 11.3 Å². The molecular weight excluding hydrogens is 264 g/mol. The van der Waals surface area contributed by atoms with Gasteiger partial charge in [0.2, 0.25) is 5.76 Å². The molecule has 1 aromatic heterocycles. The Bertz CT molecular complexity index is 515. The Morgan fingerprint density at radius 1 is 1.30 bits per heavy atom. The lowest BCUT2D eigenvalue weighted by atomic mass is 10.2. The number of hydrogen-bond acceptors (Lipinski definition) is 4. The number of urea groups is 1. The van der Waals surface area contributed by atoms with Gasteiger partial charge in [-0.3, -0.25) is 0 Å². The van der Waals surface area contributed by atoms with E-state index in [2.05, 4.69) is 5.32 Å². The van der Waals surface area contributed by atoms with Gasteiger partial charge in [-0.1, -0.05) is 0 Å². The SMILES string of the molecule is O=C(O)c1ccc(CNC(=O)N2CC3CCC(C2)O3)o1. The quantitative estimate of drug-likeness (QED) is 0.863. The maximum Gasteiger partial charge on any atom is 0.371 e. The first-order valence-corrected chi connectivity index (χ1v) is 6.62. The fraction of sp³-hybridized carbons (Fsp3) is 0.538. The number of carboxylic acids is 1. The smallest absolute Gasteiger partial charge is 0.371 e. The Hall–Kier alpha value is -2.02. The summed E-state index contributed by atoms with van der Waals surface area (Å²) in [7, 11) is 0. The van der Waals surface area contributed by atoms with E-state index >= 15 is 0 Å². The lowest BCUT2D eigenvalue weighted by molar-refractivity contribution is -0.0239. The maximum atomic E-state index is 12.0. The predicted octanol–water partition coefficient (Wildman–Crippen LogP) is 1.05. The molecule has 0 aromatic carbocycles. The molecule has 2 saturated heterocycles. The molecule has 7 heteroatoms. The number of furan rings is 1. The summed E-state index contributed by atoms with van der Waals surface area (Å²) in [5.41, 5.74) is 0. The third kappa shape index (κ3) is 2.62. The van der Waals surface area contributed by atoms with Gasteiger partial charge in [0.05, 0.1) is 18.8 Å². The molecule has 1 aromatic rings. The van der Waals surface area contributed by atoms with Crippen LogP contribution in [0.2, 0.25) is 0 Å². The summed E-state index contributed by atoms with van der Waals surface area (Å²) in [4.78, 5) is 24.5. The maximum absolute atomic E-state index is 12.0. The number of ether oxygens (including phenoxy) is 1. The van der Waals surface area contributed by atoms with Crippen molar-refractivity contribution in [2.75, 3.05) is 13.1 Å². The van der Waals surface area contributed by atoms with Crippen molar-refractivity contribution in [1.29, 1.82) is 0 Å². The highest BCUT2D eigenvalue weighted by Crippen LogP contribution is 2.26. The highest BCUT2D eigenvalue weighted by Gasteiger charge is 2.35. The van der Waals surface area contributed by atoms with Gasteiger partial charge >= 0.3 is 12.0 Å². The number of fused-ring (bicyclic) bond motifs is 2. The Labute approximate surface area is 115 Å². The number of amides is 2. The van der Waals surface area contributed by atoms with Crippen LogP contribution in [0.5, 0.6) is 0 Å². The topological polar surface area (TPSA) is 92.0 Å². The van der Waals surface area contributed by atoms with Gasteiger partial charge in [-0.05, 0) is 25.0 Å². The molecule has 0 spiro atoms. The Morgan fingerprint density at radius 3 is 2.60 bits per heavy atom. The molecule has 2 fully saturated rings. The van der Waals surface area contributed by atoms with E-state index in [1.807, 2.05) is 0 Å². The number of morpholine rings is 1. The second kappa shape index (κ2) is 5.16. The van der Waals surface area contributed by atoms with Gasteiger partial charge in [-0.25, -0.2) is 9.59 Å². The second-order valence-corrected chi connectivity index (χ2v) is 5.09. The average molecular weight is 280 g/mol. The van der Waals surface area contributed by atoms with Crippen molar-refractivity contribution in [3.63, 3.8) is 0 Å². The number of carbonyl (C=O) groups excluding carboxylic acids is 1. The first kappa shape index (κ1) is 13.0. The summed E-state index contributed by atoms with van der Waals surface area (Å²) in [5.74, 6) is -0.821. The third-order valence-corrected chi connectivity index (χ3v) is 3.62. The van der Waals surface area contributed by atoms with Crippen LogP contribution in [0.1, 0.15) is 29.2 Å². The number of carboxylic acid groups (broad SMARTS) is 1. The fourth-order valence-electron chi connectivity index (χ4n) is 2.64. The molecule has 108 valence electrons. The minimum atomic E-state index is -1.12. The monoisotopic (exact) mass is 280 g/mol. The average Bonchev–Trinajstić information content (AvgIpc) is 3.03. The summed E-state index contributed by atoms with van der Waals surface area (Å²) in [6, 6.07) is 2.75. The predicted molar refractivity (Wildman–Crippen MR) is 67.4 cm³/mol. The van der Waals surface area contributed by atoms with Gasteiger partial charge in [0.1, 0.15) is 5.76 Å². The molecule has 2 aliphatic heterocycles. The molecule has 2 atom stereocenters. The van der Waals surface area contributed by atoms with Gasteiger partial charge in [0.15, 0.2) is 0 Å². The molecule has 2 amide bonds. The zero-order chi connectivity index (χ0) is 14.1. The molecule has 3 heterocycles. The van der Waals surface area contributed by atoms with Gasteiger partial charge < -0.3 is 24.5 Å². The van der Waals surface area contributed by atoms with E-state index < -0.39 is 5.97 Å². The minimum absolute atomic E-state index is 0.126. The third-order valence-electron chi connectivity index (χ3n) is 3.62. The van der Waals surface area contributed by atoms with E-state index in [0.717, 1.165) is 12.8 Å². The number of rotatable bonds is 3. The lowest BCUT2D eigenvalue weighted by Crippen LogP contribution is -2.49. The van der Waals surface area contributed by atoms with Gasteiger partial charge in [0, 0.05) is 13.1 Å². The van der Waals surface area contributed by atoms with Crippen LogP contribution in [0.3, 0.4) is 0 Å². The highest BCUT2D eigenvalue weighted by molar-refractivity contribution is 5.84. The number of aromatic carboxylic acids is 1. The zero-order valence-electron chi connectivity index (χ0n) is 10.9. The van der Waals surface area contributed by atoms with Crippen molar-refractivity contribution >= 4 is 12.0 Å². The highest BCUT2D eigenvalue weighted by atomic mass is 16.5.